The first-order valence-corrected chi connectivity index (χ1v) is 6.25. The molecule has 1 aliphatic rings. The van der Waals surface area contributed by atoms with Crippen LogP contribution in [0.1, 0.15) is 17.3 Å². The smallest absolute Gasteiger partial charge is 0.379 e. The molecular weight excluding hydrogens is 272 g/mol. The fourth-order valence-electron chi connectivity index (χ4n) is 1.51. The van der Waals surface area contributed by atoms with E-state index in [0.717, 1.165) is 0 Å². The van der Waals surface area contributed by atoms with E-state index < -0.39 is 11.8 Å². The van der Waals surface area contributed by atoms with Gasteiger partial charge >= 0.3 is 5.97 Å². The van der Waals surface area contributed by atoms with Gasteiger partial charge in [-0.1, -0.05) is 11.6 Å². The summed E-state index contributed by atoms with van der Waals surface area (Å²) in [6, 6.07) is 4.45. The molecule has 1 aliphatic heterocycles. The number of carbonyl (C=O) groups excluding carboxylic acids is 2. The van der Waals surface area contributed by atoms with E-state index in [2.05, 4.69) is 4.74 Å². The SMILES string of the molecule is CCOC(=O)C(=O)c1ccc(OC2COC2)c(Cl)c1. The zero-order valence-electron chi connectivity index (χ0n) is 10.3. The molecular formula is C13H13ClO5. The third-order valence-corrected chi connectivity index (χ3v) is 2.85. The Bertz CT molecular complexity index is 496. The van der Waals surface area contributed by atoms with E-state index in [1.165, 1.54) is 12.1 Å². The molecule has 2 rings (SSSR count). The van der Waals surface area contributed by atoms with Crippen LogP contribution in [0, 0.1) is 0 Å². The average Bonchev–Trinajstić information content (AvgIpc) is 2.34. The molecule has 0 amide bonds. The molecule has 1 aromatic rings. The van der Waals surface area contributed by atoms with Gasteiger partial charge in [0.05, 0.1) is 24.8 Å². The van der Waals surface area contributed by atoms with Crippen LogP contribution in [0.25, 0.3) is 0 Å². The lowest BCUT2D eigenvalue weighted by Gasteiger charge is -2.27. The Morgan fingerprint density at radius 2 is 2.16 bits per heavy atom. The van der Waals surface area contributed by atoms with Gasteiger partial charge in [0.1, 0.15) is 11.9 Å². The summed E-state index contributed by atoms with van der Waals surface area (Å²) in [5.74, 6) is -1.14. The number of esters is 1. The Kier molecular flexibility index (Phi) is 4.39. The average molecular weight is 285 g/mol. The number of benzene rings is 1. The van der Waals surface area contributed by atoms with Crippen LogP contribution in [0.4, 0.5) is 0 Å². The monoisotopic (exact) mass is 284 g/mol. The summed E-state index contributed by atoms with van der Waals surface area (Å²) < 4.78 is 15.2. The maximum absolute atomic E-state index is 11.7. The molecule has 0 aromatic heterocycles. The van der Waals surface area contributed by atoms with Crippen LogP contribution in [0.3, 0.4) is 0 Å². The van der Waals surface area contributed by atoms with Gasteiger partial charge in [-0.05, 0) is 25.1 Å². The predicted molar refractivity (Wildman–Crippen MR) is 67.7 cm³/mol. The standard InChI is InChI=1S/C13H13ClO5/c1-2-18-13(16)12(15)8-3-4-11(10(14)5-8)19-9-6-17-7-9/h3-5,9H,2,6-7H2,1H3. The van der Waals surface area contributed by atoms with Gasteiger partial charge in [-0.25, -0.2) is 4.79 Å². The van der Waals surface area contributed by atoms with Crippen molar-refractivity contribution in [1.29, 1.82) is 0 Å². The minimum Gasteiger partial charge on any atom is -0.484 e. The van der Waals surface area contributed by atoms with E-state index in [1.807, 2.05) is 0 Å². The minimum atomic E-state index is -0.889. The molecule has 6 heteroatoms. The molecule has 0 radical (unpaired) electrons. The molecule has 0 unspecified atom stereocenters. The van der Waals surface area contributed by atoms with E-state index in [0.29, 0.717) is 19.0 Å². The lowest BCUT2D eigenvalue weighted by Crippen LogP contribution is -2.38. The fourth-order valence-corrected chi connectivity index (χ4v) is 1.74. The fraction of sp³-hybridized carbons (Fsp3) is 0.385. The normalized spacial score (nSPS) is 14.6. The van der Waals surface area contributed by atoms with E-state index >= 15 is 0 Å². The highest BCUT2D eigenvalue weighted by atomic mass is 35.5. The first-order chi connectivity index (χ1) is 9.11. The second-order valence-corrected chi connectivity index (χ2v) is 4.38. The van der Waals surface area contributed by atoms with Gasteiger partial charge in [0.15, 0.2) is 0 Å². The lowest BCUT2D eigenvalue weighted by atomic mass is 10.1. The number of ether oxygens (including phenoxy) is 3. The summed E-state index contributed by atoms with van der Waals surface area (Å²) in [5.41, 5.74) is 0.181. The van der Waals surface area contributed by atoms with Crippen molar-refractivity contribution in [3.05, 3.63) is 28.8 Å². The Morgan fingerprint density at radius 1 is 1.42 bits per heavy atom. The number of carbonyl (C=O) groups is 2. The summed E-state index contributed by atoms with van der Waals surface area (Å²) in [6.45, 7) is 2.84. The minimum absolute atomic E-state index is 0.0101. The van der Waals surface area contributed by atoms with Crippen LogP contribution < -0.4 is 4.74 Å². The van der Waals surface area contributed by atoms with Crippen molar-refractivity contribution in [2.24, 2.45) is 0 Å². The van der Waals surface area contributed by atoms with Gasteiger partial charge in [-0.15, -0.1) is 0 Å². The van der Waals surface area contributed by atoms with E-state index in [-0.39, 0.29) is 23.3 Å². The summed E-state index contributed by atoms with van der Waals surface area (Å²) in [6.07, 6.45) is -0.0101. The second kappa shape index (κ2) is 6.04. The summed E-state index contributed by atoms with van der Waals surface area (Å²) in [5, 5.41) is 0.280. The molecule has 0 bridgehead atoms. The summed E-state index contributed by atoms with van der Waals surface area (Å²) in [7, 11) is 0. The van der Waals surface area contributed by atoms with E-state index in [4.69, 9.17) is 21.1 Å². The van der Waals surface area contributed by atoms with Crippen molar-refractivity contribution in [2.75, 3.05) is 19.8 Å². The molecule has 102 valence electrons. The quantitative estimate of drug-likeness (QED) is 0.469. The molecule has 1 saturated heterocycles. The zero-order chi connectivity index (χ0) is 13.8. The Morgan fingerprint density at radius 3 is 2.68 bits per heavy atom. The third-order valence-electron chi connectivity index (χ3n) is 2.56. The van der Waals surface area contributed by atoms with Crippen LogP contribution in [-0.2, 0) is 14.3 Å². The van der Waals surface area contributed by atoms with Crippen molar-refractivity contribution < 1.29 is 23.8 Å². The molecule has 5 nitrogen and oxygen atoms in total. The number of Topliss-reactive ketones (excluding diaryl/α,β-unsaturated/α-hetero) is 1. The Balaban J connectivity index is 2.09. The molecule has 1 aromatic carbocycles. The molecule has 19 heavy (non-hydrogen) atoms. The molecule has 0 atom stereocenters. The van der Waals surface area contributed by atoms with E-state index in [9.17, 15) is 9.59 Å². The number of halogens is 1. The van der Waals surface area contributed by atoms with Crippen molar-refractivity contribution >= 4 is 23.4 Å². The van der Waals surface area contributed by atoms with Gasteiger partial charge in [-0.3, -0.25) is 4.79 Å². The van der Waals surface area contributed by atoms with Crippen molar-refractivity contribution in [1.82, 2.24) is 0 Å². The summed E-state index contributed by atoms with van der Waals surface area (Å²) in [4.78, 5) is 23.0. The molecule has 1 fully saturated rings. The first kappa shape index (κ1) is 13.8. The largest absolute Gasteiger partial charge is 0.484 e. The highest BCUT2D eigenvalue weighted by Crippen LogP contribution is 2.27. The third kappa shape index (κ3) is 3.24. The molecule has 0 saturated carbocycles. The second-order valence-electron chi connectivity index (χ2n) is 3.97. The lowest BCUT2D eigenvalue weighted by molar-refractivity contribution is -0.137. The van der Waals surface area contributed by atoms with Gasteiger partial charge in [0, 0.05) is 5.56 Å². The first-order valence-electron chi connectivity index (χ1n) is 5.87. The zero-order valence-corrected chi connectivity index (χ0v) is 11.1. The van der Waals surface area contributed by atoms with Crippen LogP contribution >= 0.6 is 11.6 Å². The van der Waals surface area contributed by atoms with Crippen molar-refractivity contribution in [3.63, 3.8) is 0 Å². The summed E-state index contributed by atoms with van der Waals surface area (Å²) >= 11 is 6.01. The van der Waals surface area contributed by atoms with Gasteiger partial charge < -0.3 is 14.2 Å². The van der Waals surface area contributed by atoms with Gasteiger partial charge in [0.25, 0.3) is 5.78 Å². The number of ketones is 1. The predicted octanol–water partition coefficient (Wildman–Crippen LogP) is 1.86. The highest BCUT2D eigenvalue weighted by Gasteiger charge is 2.23. The van der Waals surface area contributed by atoms with Crippen LogP contribution in [0.15, 0.2) is 18.2 Å². The van der Waals surface area contributed by atoms with Crippen LogP contribution in [0.2, 0.25) is 5.02 Å². The van der Waals surface area contributed by atoms with Crippen molar-refractivity contribution in [3.8, 4) is 5.75 Å². The van der Waals surface area contributed by atoms with E-state index in [1.54, 1.807) is 13.0 Å². The molecule has 1 heterocycles. The Hall–Kier alpha value is -1.59. The number of hydrogen-bond acceptors (Lipinski definition) is 5. The number of rotatable bonds is 5. The number of hydrogen-bond donors (Lipinski definition) is 0. The van der Waals surface area contributed by atoms with Crippen LogP contribution in [-0.4, -0.2) is 37.7 Å². The molecule has 0 aliphatic carbocycles. The van der Waals surface area contributed by atoms with Crippen LogP contribution in [0.5, 0.6) is 5.75 Å². The maximum Gasteiger partial charge on any atom is 0.379 e. The molecule has 0 N–H and O–H groups in total. The maximum atomic E-state index is 11.7. The van der Waals surface area contributed by atoms with Gasteiger partial charge in [-0.2, -0.15) is 0 Å². The van der Waals surface area contributed by atoms with Gasteiger partial charge in [0.2, 0.25) is 0 Å². The topological polar surface area (TPSA) is 61.8 Å². The van der Waals surface area contributed by atoms with Crippen molar-refractivity contribution in [2.45, 2.75) is 13.0 Å². The Labute approximate surface area is 115 Å². The highest BCUT2D eigenvalue weighted by molar-refractivity contribution is 6.41. The molecule has 0 spiro atoms.